The normalized spacial score (nSPS) is 20.4. The summed E-state index contributed by atoms with van der Waals surface area (Å²) in [6.45, 7) is 10.0. The van der Waals surface area contributed by atoms with Crippen LogP contribution in [-0.4, -0.2) is 47.2 Å². The van der Waals surface area contributed by atoms with Crippen molar-refractivity contribution in [3.05, 3.63) is 16.5 Å². The number of hydrogen-bond acceptors (Lipinski definition) is 5. The van der Waals surface area contributed by atoms with E-state index in [1.165, 1.54) is 0 Å². The maximum atomic E-state index is 5.83. The van der Waals surface area contributed by atoms with E-state index < -0.39 is 0 Å². The third-order valence-electron chi connectivity index (χ3n) is 3.42. The Morgan fingerprint density at radius 2 is 2.35 bits per heavy atom. The van der Waals surface area contributed by atoms with Crippen LogP contribution < -0.4 is 5.32 Å². The van der Waals surface area contributed by atoms with E-state index in [1.807, 2.05) is 0 Å². The van der Waals surface area contributed by atoms with Crippen LogP contribution in [0.2, 0.25) is 0 Å². The Balaban J connectivity index is 2.11. The maximum Gasteiger partial charge on any atom is 0.160 e. The van der Waals surface area contributed by atoms with Crippen molar-refractivity contribution in [1.82, 2.24) is 14.9 Å². The van der Waals surface area contributed by atoms with Crippen molar-refractivity contribution in [3.63, 3.8) is 0 Å². The second-order valence-electron chi connectivity index (χ2n) is 5.30. The van der Waals surface area contributed by atoms with Gasteiger partial charge in [-0.15, -0.1) is 0 Å². The van der Waals surface area contributed by atoms with E-state index in [4.69, 9.17) is 4.74 Å². The minimum atomic E-state index is -0.0403. The Morgan fingerprint density at radius 1 is 1.55 bits per heavy atom. The molecule has 1 aromatic heterocycles. The SMILES string of the molecule is CCCNc1nc(C2CN(C(C)C)CCO2)ncc1Br. The lowest BCUT2D eigenvalue weighted by atomic mass is 10.2. The first-order valence-electron chi connectivity index (χ1n) is 7.23. The van der Waals surface area contributed by atoms with E-state index in [-0.39, 0.29) is 6.10 Å². The molecule has 0 radical (unpaired) electrons. The Bertz CT molecular complexity index is 441. The summed E-state index contributed by atoms with van der Waals surface area (Å²) in [5.41, 5.74) is 0. The van der Waals surface area contributed by atoms with Gasteiger partial charge in [0.25, 0.3) is 0 Å². The van der Waals surface area contributed by atoms with Crippen LogP contribution in [0.4, 0.5) is 5.82 Å². The average molecular weight is 343 g/mol. The van der Waals surface area contributed by atoms with E-state index in [9.17, 15) is 0 Å². The summed E-state index contributed by atoms with van der Waals surface area (Å²) in [7, 11) is 0. The molecule has 1 aliphatic rings. The maximum absolute atomic E-state index is 5.83. The van der Waals surface area contributed by atoms with Gasteiger partial charge in [-0.05, 0) is 36.2 Å². The molecule has 1 saturated heterocycles. The zero-order valence-electron chi connectivity index (χ0n) is 12.4. The van der Waals surface area contributed by atoms with Crippen molar-refractivity contribution >= 4 is 21.7 Å². The summed E-state index contributed by atoms with van der Waals surface area (Å²) in [5, 5.41) is 3.31. The number of nitrogens with zero attached hydrogens (tertiary/aromatic N) is 3. The van der Waals surface area contributed by atoms with Crippen LogP contribution in [0, 0.1) is 0 Å². The van der Waals surface area contributed by atoms with E-state index >= 15 is 0 Å². The molecule has 0 aromatic carbocycles. The van der Waals surface area contributed by atoms with Gasteiger partial charge in [-0.25, -0.2) is 9.97 Å². The number of ether oxygens (including phenoxy) is 1. The first-order chi connectivity index (χ1) is 9.61. The van der Waals surface area contributed by atoms with Gasteiger partial charge in [-0.3, -0.25) is 4.90 Å². The fourth-order valence-corrected chi connectivity index (χ4v) is 2.53. The second-order valence-corrected chi connectivity index (χ2v) is 6.15. The number of hydrogen-bond donors (Lipinski definition) is 1. The molecular weight excluding hydrogens is 320 g/mol. The zero-order chi connectivity index (χ0) is 14.5. The first-order valence-corrected chi connectivity index (χ1v) is 8.03. The highest BCUT2D eigenvalue weighted by molar-refractivity contribution is 9.10. The Hall–Kier alpha value is -0.720. The molecule has 0 spiro atoms. The van der Waals surface area contributed by atoms with Gasteiger partial charge in [0.2, 0.25) is 0 Å². The van der Waals surface area contributed by atoms with E-state index in [0.29, 0.717) is 6.04 Å². The van der Waals surface area contributed by atoms with Gasteiger partial charge in [0, 0.05) is 31.9 Å². The Morgan fingerprint density at radius 3 is 3.05 bits per heavy atom. The highest BCUT2D eigenvalue weighted by atomic mass is 79.9. The van der Waals surface area contributed by atoms with Gasteiger partial charge in [-0.1, -0.05) is 6.92 Å². The molecule has 1 atom stereocenters. The van der Waals surface area contributed by atoms with Gasteiger partial charge < -0.3 is 10.1 Å². The monoisotopic (exact) mass is 342 g/mol. The van der Waals surface area contributed by atoms with Gasteiger partial charge in [0.15, 0.2) is 5.82 Å². The molecule has 112 valence electrons. The fraction of sp³-hybridized carbons (Fsp3) is 0.714. The second kappa shape index (κ2) is 7.33. The predicted molar refractivity (Wildman–Crippen MR) is 83.9 cm³/mol. The molecule has 2 heterocycles. The molecule has 1 N–H and O–H groups in total. The summed E-state index contributed by atoms with van der Waals surface area (Å²) >= 11 is 3.48. The van der Waals surface area contributed by atoms with Crippen molar-refractivity contribution in [2.24, 2.45) is 0 Å². The molecule has 1 unspecified atom stereocenters. The molecular formula is C14H23BrN4O. The molecule has 0 aliphatic carbocycles. The lowest BCUT2D eigenvalue weighted by Gasteiger charge is -2.34. The topological polar surface area (TPSA) is 50.3 Å². The molecule has 6 heteroatoms. The van der Waals surface area contributed by atoms with Crippen LogP contribution in [-0.2, 0) is 4.74 Å². The number of anilines is 1. The number of nitrogens with one attached hydrogen (secondary N) is 1. The van der Waals surface area contributed by atoms with E-state index in [0.717, 1.165) is 48.8 Å². The van der Waals surface area contributed by atoms with Crippen LogP contribution >= 0.6 is 15.9 Å². The highest BCUT2D eigenvalue weighted by Gasteiger charge is 2.26. The molecule has 0 bridgehead atoms. The Labute approximate surface area is 129 Å². The average Bonchev–Trinajstić information content (AvgIpc) is 2.46. The minimum Gasteiger partial charge on any atom is -0.369 e. The van der Waals surface area contributed by atoms with Crippen molar-refractivity contribution in [2.45, 2.75) is 39.3 Å². The molecule has 1 fully saturated rings. The van der Waals surface area contributed by atoms with Crippen LogP contribution in [0.25, 0.3) is 0 Å². The van der Waals surface area contributed by atoms with Crippen molar-refractivity contribution < 1.29 is 4.74 Å². The molecule has 0 amide bonds. The highest BCUT2D eigenvalue weighted by Crippen LogP contribution is 2.25. The van der Waals surface area contributed by atoms with Crippen molar-refractivity contribution in [2.75, 3.05) is 31.6 Å². The lowest BCUT2D eigenvalue weighted by Crippen LogP contribution is -2.42. The third kappa shape index (κ3) is 3.90. The summed E-state index contributed by atoms with van der Waals surface area (Å²) in [6.07, 6.45) is 2.83. The molecule has 0 saturated carbocycles. The van der Waals surface area contributed by atoms with Gasteiger partial charge in [0.05, 0.1) is 11.1 Å². The first kappa shape index (κ1) is 15.7. The van der Waals surface area contributed by atoms with E-state index in [1.54, 1.807) is 6.20 Å². The summed E-state index contributed by atoms with van der Waals surface area (Å²) in [5.74, 6) is 1.61. The predicted octanol–water partition coefficient (Wildman–Crippen LogP) is 2.84. The summed E-state index contributed by atoms with van der Waals surface area (Å²) in [4.78, 5) is 11.4. The van der Waals surface area contributed by atoms with Gasteiger partial charge in [0.1, 0.15) is 11.9 Å². The Kier molecular flexibility index (Phi) is 5.74. The van der Waals surface area contributed by atoms with Crippen molar-refractivity contribution in [1.29, 1.82) is 0 Å². The fourth-order valence-electron chi connectivity index (χ4n) is 2.20. The van der Waals surface area contributed by atoms with E-state index in [2.05, 4.69) is 56.9 Å². The van der Waals surface area contributed by atoms with Crippen molar-refractivity contribution in [3.8, 4) is 0 Å². The summed E-state index contributed by atoms with van der Waals surface area (Å²) < 4.78 is 6.73. The molecule has 1 aromatic rings. The third-order valence-corrected chi connectivity index (χ3v) is 4.00. The summed E-state index contributed by atoms with van der Waals surface area (Å²) in [6, 6.07) is 0.523. The van der Waals surface area contributed by atoms with Crippen LogP contribution in [0.3, 0.4) is 0 Å². The van der Waals surface area contributed by atoms with Crippen LogP contribution in [0.15, 0.2) is 10.7 Å². The van der Waals surface area contributed by atoms with Crippen LogP contribution in [0.1, 0.15) is 39.1 Å². The molecule has 5 nitrogen and oxygen atoms in total. The number of halogens is 1. The quantitative estimate of drug-likeness (QED) is 0.891. The number of aromatic nitrogens is 2. The molecule has 20 heavy (non-hydrogen) atoms. The lowest BCUT2D eigenvalue weighted by molar-refractivity contribution is -0.0442. The molecule has 1 aliphatic heterocycles. The standard InChI is InChI=1S/C14H23BrN4O/c1-4-5-16-13-11(15)8-17-14(18-13)12-9-19(10(2)3)6-7-20-12/h8,10,12H,4-7,9H2,1-3H3,(H,16,17,18). The zero-order valence-corrected chi connectivity index (χ0v) is 14.0. The van der Waals surface area contributed by atoms with Gasteiger partial charge >= 0.3 is 0 Å². The smallest absolute Gasteiger partial charge is 0.160 e. The number of morpholine rings is 1. The molecule has 2 rings (SSSR count). The van der Waals surface area contributed by atoms with Crippen LogP contribution in [0.5, 0.6) is 0 Å². The van der Waals surface area contributed by atoms with Gasteiger partial charge in [-0.2, -0.15) is 0 Å². The largest absolute Gasteiger partial charge is 0.369 e. The minimum absolute atomic E-state index is 0.0403. The number of rotatable bonds is 5.